The Morgan fingerprint density at radius 1 is 0.609 bits per heavy atom. The molecule has 0 bridgehead atoms. The number of allylic oxidation sites excluding steroid dienone is 1. The summed E-state index contributed by atoms with van der Waals surface area (Å²) < 4.78 is 0. The lowest BCUT2D eigenvalue weighted by Crippen LogP contribution is -2.00. The first kappa shape index (κ1) is 13.9. The lowest BCUT2D eigenvalue weighted by atomic mass is 10.0. The first-order valence-electron chi connectivity index (χ1n) is 7.60. The zero-order chi connectivity index (χ0) is 15.6. The van der Waals surface area contributed by atoms with E-state index in [0.29, 0.717) is 0 Å². The fourth-order valence-electron chi connectivity index (χ4n) is 2.96. The highest BCUT2D eigenvalue weighted by molar-refractivity contribution is 7.82. The molecule has 0 atom stereocenters. The maximum atomic E-state index is 5.77. The van der Waals surface area contributed by atoms with Crippen LogP contribution in [0.3, 0.4) is 0 Å². The molecule has 0 heterocycles. The molecule has 23 heavy (non-hydrogen) atoms. The standard InChI is InChI=1S/C21H15NS/c23-21-18-14-8-7-13-17(18)20(22-16-11-5-2-6-12-16)19(21)15-9-3-1-4-10-15/h1-14,22H. The lowest BCUT2D eigenvalue weighted by Gasteiger charge is -2.12. The van der Waals surface area contributed by atoms with E-state index in [4.69, 9.17) is 12.2 Å². The zero-order valence-corrected chi connectivity index (χ0v) is 13.3. The number of nitrogens with one attached hydrogen (secondary N) is 1. The minimum absolute atomic E-state index is 0.908. The van der Waals surface area contributed by atoms with E-state index < -0.39 is 0 Å². The molecule has 0 aromatic heterocycles. The van der Waals surface area contributed by atoms with Crippen LogP contribution in [0.1, 0.15) is 16.7 Å². The van der Waals surface area contributed by atoms with Crippen LogP contribution < -0.4 is 5.32 Å². The molecule has 2 heteroatoms. The maximum absolute atomic E-state index is 5.77. The van der Waals surface area contributed by atoms with Crippen LogP contribution in [0.25, 0.3) is 11.3 Å². The van der Waals surface area contributed by atoms with E-state index in [1.165, 1.54) is 5.56 Å². The first-order chi connectivity index (χ1) is 11.3. The van der Waals surface area contributed by atoms with Gasteiger partial charge in [0.2, 0.25) is 0 Å². The molecule has 0 aliphatic heterocycles. The topological polar surface area (TPSA) is 12.0 Å². The fourth-order valence-corrected chi connectivity index (χ4v) is 3.36. The molecule has 1 aliphatic carbocycles. The lowest BCUT2D eigenvalue weighted by molar-refractivity contribution is 1.54. The second-order valence-electron chi connectivity index (χ2n) is 5.48. The largest absolute Gasteiger partial charge is 0.354 e. The van der Waals surface area contributed by atoms with Gasteiger partial charge in [-0.25, -0.2) is 0 Å². The van der Waals surface area contributed by atoms with Crippen molar-refractivity contribution in [3.05, 3.63) is 102 Å². The predicted molar refractivity (Wildman–Crippen MR) is 101 cm³/mol. The summed E-state index contributed by atoms with van der Waals surface area (Å²) in [6.07, 6.45) is 0. The highest BCUT2D eigenvalue weighted by Crippen LogP contribution is 2.39. The van der Waals surface area contributed by atoms with Gasteiger partial charge in [0.15, 0.2) is 0 Å². The molecule has 0 radical (unpaired) electrons. The summed E-state index contributed by atoms with van der Waals surface area (Å²) in [5.74, 6) is 0. The predicted octanol–water partition coefficient (Wildman–Crippen LogP) is 5.40. The number of rotatable bonds is 3. The zero-order valence-electron chi connectivity index (χ0n) is 12.5. The number of hydrogen-bond acceptors (Lipinski definition) is 2. The molecule has 0 amide bonds. The van der Waals surface area contributed by atoms with E-state index in [1.807, 2.05) is 42.5 Å². The summed E-state index contributed by atoms with van der Waals surface area (Å²) in [5, 5.41) is 3.57. The van der Waals surface area contributed by atoms with Crippen molar-refractivity contribution in [1.29, 1.82) is 0 Å². The summed E-state index contributed by atoms with van der Waals surface area (Å²) in [6, 6.07) is 28.9. The second-order valence-corrected chi connectivity index (χ2v) is 5.89. The van der Waals surface area contributed by atoms with Gasteiger partial charge in [0.25, 0.3) is 0 Å². The summed E-state index contributed by atoms with van der Waals surface area (Å²) in [4.78, 5) is 0.908. The Labute approximate surface area is 141 Å². The minimum Gasteiger partial charge on any atom is -0.354 e. The van der Waals surface area contributed by atoms with Gasteiger partial charge in [0, 0.05) is 22.4 Å². The molecule has 1 N–H and O–H groups in total. The normalized spacial score (nSPS) is 13.1. The molecular formula is C21H15NS. The van der Waals surface area contributed by atoms with Crippen molar-refractivity contribution >= 4 is 34.0 Å². The molecule has 0 spiro atoms. The van der Waals surface area contributed by atoms with Crippen LogP contribution in [-0.2, 0) is 0 Å². The number of thiocarbonyl (C=S) groups is 1. The molecule has 0 fully saturated rings. The van der Waals surface area contributed by atoms with Crippen molar-refractivity contribution in [3.8, 4) is 0 Å². The summed E-state index contributed by atoms with van der Waals surface area (Å²) >= 11 is 5.77. The Bertz CT molecular complexity index is 895. The molecule has 4 rings (SSSR count). The van der Waals surface area contributed by atoms with Crippen LogP contribution in [0.2, 0.25) is 0 Å². The molecule has 1 aliphatic rings. The van der Waals surface area contributed by atoms with E-state index in [0.717, 1.165) is 32.9 Å². The quantitative estimate of drug-likeness (QED) is 0.650. The Balaban J connectivity index is 1.90. The third kappa shape index (κ3) is 2.47. The van der Waals surface area contributed by atoms with Gasteiger partial charge in [0.05, 0.1) is 10.6 Å². The monoisotopic (exact) mass is 313 g/mol. The maximum Gasteiger partial charge on any atom is 0.0558 e. The number of anilines is 1. The van der Waals surface area contributed by atoms with Gasteiger partial charge in [-0.15, -0.1) is 0 Å². The van der Waals surface area contributed by atoms with Gasteiger partial charge >= 0.3 is 0 Å². The van der Waals surface area contributed by atoms with Crippen LogP contribution in [0.4, 0.5) is 5.69 Å². The van der Waals surface area contributed by atoms with Crippen molar-refractivity contribution in [3.63, 3.8) is 0 Å². The average Bonchev–Trinajstić information content (AvgIpc) is 2.89. The summed E-state index contributed by atoms with van der Waals surface area (Å²) in [7, 11) is 0. The van der Waals surface area contributed by atoms with E-state index in [1.54, 1.807) is 0 Å². The Morgan fingerprint density at radius 2 is 1.17 bits per heavy atom. The Morgan fingerprint density at radius 3 is 1.87 bits per heavy atom. The smallest absolute Gasteiger partial charge is 0.0558 e. The third-order valence-electron chi connectivity index (χ3n) is 4.02. The van der Waals surface area contributed by atoms with E-state index in [9.17, 15) is 0 Å². The van der Waals surface area contributed by atoms with Crippen LogP contribution in [0.5, 0.6) is 0 Å². The number of para-hydroxylation sites is 1. The number of hydrogen-bond donors (Lipinski definition) is 1. The molecule has 0 unspecified atom stereocenters. The van der Waals surface area contributed by atoms with Crippen LogP contribution in [0.15, 0.2) is 84.9 Å². The fraction of sp³-hybridized carbons (Fsp3) is 0. The van der Waals surface area contributed by atoms with E-state index in [-0.39, 0.29) is 0 Å². The van der Waals surface area contributed by atoms with Gasteiger partial charge in [-0.3, -0.25) is 0 Å². The summed E-state index contributed by atoms with van der Waals surface area (Å²) in [5.41, 5.74) is 6.69. The molecular weight excluding hydrogens is 298 g/mol. The third-order valence-corrected chi connectivity index (χ3v) is 4.45. The van der Waals surface area contributed by atoms with Crippen molar-refractivity contribution in [2.24, 2.45) is 0 Å². The van der Waals surface area contributed by atoms with Crippen LogP contribution in [0, 0.1) is 0 Å². The Hall–Kier alpha value is -2.71. The van der Waals surface area contributed by atoms with E-state index in [2.05, 4.69) is 47.8 Å². The van der Waals surface area contributed by atoms with Crippen molar-refractivity contribution in [2.45, 2.75) is 0 Å². The molecule has 0 saturated carbocycles. The van der Waals surface area contributed by atoms with Crippen molar-refractivity contribution in [2.75, 3.05) is 5.32 Å². The summed E-state index contributed by atoms with van der Waals surface area (Å²) in [6.45, 7) is 0. The Kier molecular flexibility index (Phi) is 3.52. The minimum atomic E-state index is 0.908. The molecule has 110 valence electrons. The molecule has 1 nitrogen and oxygen atoms in total. The number of fused-ring (bicyclic) bond motifs is 1. The van der Waals surface area contributed by atoms with Crippen LogP contribution >= 0.6 is 12.2 Å². The molecule has 3 aromatic carbocycles. The number of benzene rings is 3. The van der Waals surface area contributed by atoms with Gasteiger partial charge in [0.1, 0.15) is 0 Å². The van der Waals surface area contributed by atoms with Crippen molar-refractivity contribution in [1.82, 2.24) is 0 Å². The van der Waals surface area contributed by atoms with E-state index >= 15 is 0 Å². The second kappa shape index (κ2) is 5.82. The highest BCUT2D eigenvalue weighted by Gasteiger charge is 2.27. The highest BCUT2D eigenvalue weighted by atomic mass is 32.1. The SMILES string of the molecule is S=C1C(c2ccccc2)=C(Nc2ccccc2)c2ccccc21. The van der Waals surface area contributed by atoms with Gasteiger partial charge in [-0.2, -0.15) is 0 Å². The van der Waals surface area contributed by atoms with Crippen LogP contribution in [-0.4, -0.2) is 4.86 Å². The molecule has 0 saturated heterocycles. The van der Waals surface area contributed by atoms with Gasteiger partial charge < -0.3 is 5.32 Å². The van der Waals surface area contributed by atoms with Crippen molar-refractivity contribution < 1.29 is 0 Å². The van der Waals surface area contributed by atoms with Gasteiger partial charge in [-0.1, -0.05) is 85.0 Å². The van der Waals surface area contributed by atoms with Gasteiger partial charge in [-0.05, 0) is 17.7 Å². The first-order valence-corrected chi connectivity index (χ1v) is 8.01. The molecule has 3 aromatic rings. The average molecular weight is 313 g/mol.